The van der Waals surface area contributed by atoms with Gasteiger partial charge in [0.1, 0.15) is 9.98 Å². The molecule has 2 radical (unpaired) electrons. The van der Waals surface area contributed by atoms with Gasteiger partial charge in [0.25, 0.3) is 0 Å². The predicted molar refractivity (Wildman–Crippen MR) is 43.9 cm³/mol. The molecule has 0 bridgehead atoms. The van der Waals surface area contributed by atoms with Crippen LogP contribution in [0.5, 0.6) is 0 Å². The minimum atomic E-state index is 0.556. The molecule has 0 spiro atoms. The van der Waals surface area contributed by atoms with Crippen molar-refractivity contribution in [2.75, 3.05) is 13.1 Å². The molecule has 0 heterocycles. The van der Waals surface area contributed by atoms with Gasteiger partial charge in [-0.25, -0.2) is 0 Å². The van der Waals surface area contributed by atoms with Gasteiger partial charge in [-0.05, 0) is 12.8 Å². The van der Waals surface area contributed by atoms with Crippen LogP contribution < -0.4 is 9.98 Å². The van der Waals surface area contributed by atoms with Gasteiger partial charge >= 0.3 is 12.2 Å². The lowest BCUT2D eigenvalue weighted by Gasteiger charge is -1.86. The van der Waals surface area contributed by atoms with E-state index in [0.717, 1.165) is 25.7 Å². The maximum absolute atomic E-state index is 9.63. The maximum atomic E-state index is 9.63. The molecule has 0 aliphatic carbocycles. The molecule has 0 aromatic rings. The highest BCUT2D eigenvalue weighted by atomic mass is 16.1. The van der Waals surface area contributed by atoms with Crippen molar-refractivity contribution in [3.05, 3.63) is 0 Å². The summed E-state index contributed by atoms with van der Waals surface area (Å²) in [6.45, 7) is 1.11. The average Bonchev–Trinajstić information content (AvgIpc) is 2.10. The number of aliphatic imine (C=N–C) groups is 2. The van der Waals surface area contributed by atoms with Crippen LogP contribution in [0.3, 0.4) is 0 Å². The highest BCUT2D eigenvalue weighted by molar-refractivity contribution is 5.30. The molecule has 0 atom stereocenters. The van der Waals surface area contributed by atoms with E-state index in [1.54, 1.807) is 0 Å². The first-order chi connectivity index (χ1) is 5.91. The van der Waals surface area contributed by atoms with Gasteiger partial charge in [0.2, 0.25) is 13.1 Å². The minimum Gasteiger partial charge on any atom is -0.154 e. The van der Waals surface area contributed by atoms with E-state index in [2.05, 4.69) is 9.98 Å². The normalized spacial score (nSPS) is 8.33. The van der Waals surface area contributed by atoms with E-state index < -0.39 is 0 Å². The largest absolute Gasteiger partial charge is 0.496 e. The Bertz CT molecular complexity index is 169. The molecular formula is C8H12N2O2+2. The monoisotopic (exact) mass is 168 g/mol. The molecule has 0 unspecified atom stereocenters. The van der Waals surface area contributed by atoms with E-state index >= 15 is 0 Å². The lowest BCUT2D eigenvalue weighted by Crippen LogP contribution is -1.95. The summed E-state index contributed by atoms with van der Waals surface area (Å²) < 4.78 is 0. The molecule has 0 aromatic heterocycles. The third-order valence-electron chi connectivity index (χ3n) is 1.42. The summed E-state index contributed by atoms with van der Waals surface area (Å²) in [5.74, 6) is 0. The zero-order chi connectivity index (χ0) is 9.07. The van der Waals surface area contributed by atoms with Gasteiger partial charge in [0.05, 0.1) is 0 Å². The van der Waals surface area contributed by atoms with Gasteiger partial charge in [-0.2, -0.15) is 9.59 Å². The fraction of sp³-hybridized carbons (Fsp3) is 0.750. The zero-order valence-electron chi connectivity index (χ0n) is 6.95. The highest BCUT2D eigenvalue weighted by Crippen LogP contribution is 1.96. The molecule has 0 aliphatic rings. The quantitative estimate of drug-likeness (QED) is 0.302. The molecule has 0 aliphatic heterocycles. The van der Waals surface area contributed by atoms with Crippen molar-refractivity contribution in [1.29, 1.82) is 0 Å². The molecule has 0 fully saturated rings. The second kappa shape index (κ2) is 9.76. The summed E-state index contributed by atoms with van der Waals surface area (Å²) in [6.07, 6.45) is 6.80. The molecule has 64 valence electrons. The number of carbonyl (C=O) groups excluding carboxylic acids is 2. The maximum Gasteiger partial charge on any atom is 0.496 e. The van der Waals surface area contributed by atoms with Crippen LogP contribution in [0.2, 0.25) is 0 Å². The third kappa shape index (κ3) is 8.76. The number of rotatable bonds is 7. The lowest BCUT2D eigenvalue weighted by atomic mass is 10.2. The Morgan fingerprint density at radius 3 is 1.50 bits per heavy atom. The Morgan fingerprint density at radius 2 is 1.17 bits per heavy atom. The highest BCUT2D eigenvalue weighted by Gasteiger charge is 1.97. The molecule has 0 saturated heterocycles. The van der Waals surface area contributed by atoms with Crippen LogP contribution in [-0.4, -0.2) is 25.2 Å². The standard InChI is InChI=1S/C8H12N2O2/c11-7-9-5-3-1-2-4-6-10-8-12/h1-6H2/q+2. The fourth-order valence-corrected chi connectivity index (χ4v) is 0.827. The Kier molecular flexibility index (Phi) is 8.75. The number of hydrogen-bond acceptors (Lipinski definition) is 4. The van der Waals surface area contributed by atoms with Crippen LogP contribution >= 0.6 is 0 Å². The number of nitrogens with zero attached hydrogens (tertiary/aromatic N) is 2. The summed E-state index contributed by atoms with van der Waals surface area (Å²) in [7, 11) is 0. The Labute approximate surface area is 71.4 Å². The first-order valence-electron chi connectivity index (χ1n) is 3.99. The van der Waals surface area contributed by atoms with Crippen molar-refractivity contribution in [2.45, 2.75) is 25.7 Å². The Hall–Kier alpha value is -1.24. The van der Waals surface area contributed by atoms with Gasteiger partial charge < -0.3 is 0 Å². The molecule has 4 nitrogen and oxygen atoms in total. The topological polar surface area (TPSA) is 62.3 Å². The zero-order valence-corrected chi connectivity index (χ0v) is 6.95. The van der Waals surface area contributed by atoms with Crippen LogP contribution in [0, 0.1) is 0 Å². The van der Waals surface area contributed by atoms with Crippen LogP contribution in [0.4, 0.5) is 0 Å². The molecule has 0 amide bonds. The van der Waals surface area contributed by atoms with Gasteiger partial charge in [-0.3, -0.25) is 0 Å². The smallest absolute Gasteiger partial charge is 0.154 e. The Balaban J connectivity index is 3.00. The molecule has 0 N–H and O–H groups in total. The van der Waals surface area contributed by atoms with Crippen LogP contribution in [0.25, 0.3) is 0 Å². The predicted octanol–water partition coefficient (Wildman–Crippen LogP) is -0.110. The molecule has 12 heavy (non-hydrogen) atoms. The summed E-state index contributed by atoms with van der Waals surface area (Å²) in [4.78, 5) is 26.1. The summed E-state index contributed by atoms with van der Waals surface area (Å²) in [5.41, 5.74) is 0. The van der Waals surface area contributed by atoms with Crippen molar-refractivity contribution in [1.82, 2.24) is 9.98 Å². The average molecular weight is 168 g/mol. The molecular weight excluding hydrogens is 156 g/mol. The Morgan fingerprint density at radius 1 is 0.750 bits per heavy atom. The van der Waals surface area contributed by atoms with Crippen molar-refractivity contribution in [3.8, 4) is 0 Å². The van der Waals surface area contributed by atoms with E-state index in [0.29, 0.717) is 13.1 Å². The van der Waals surface area contributed by atoms with Crippen LogP contribution in [-0.2, 0) is 9.59 Å². The third-order valence-corrected chi connectivity index (χ3v) is 1.42. The number of hydrogen-bond donors (Lipinski definition) is 0. The number of isocyanates is 2. The van der Waals surface area contributed by atoms with Gasteiger partial charge in [-0.1, -0.05) is 0 Å². The molecule has 0 aromatic carbocycles. The first-order valence-corrected chi connectivity index (χ1v) is 3.99. The lowest BCUT2D eigenvalue weighted by molar-refractivity contribution is 0.551. The SMILES string of the molecule is O=C=[N+]CCCCCC[N+]=C=O. The molecule has 4 heteroatoms. The van der Waals surface area contributed by atoms with Crippen molar-refractivity contribution in [3.63, 3.8) is 0 Å². The number of unbranched alkanes of at least 4 members (excludes halogenated alkanes) is 3. The van der Waals surface area contributed by atoms with E-state index in [1.165, 1.54) is 12.2 Å². The van der Waals surface area contributed by atoms with E-state index in [-0.39, 0.29) is 0 Å². The second-order valence-corrected chi connectivity index (χ2v) is 2.36. The van der Waals surface area contributed by atoms with Crippen molar-refractivity contribution >= 4 is 12.2 Å². The van der Waals surface area contributed by atoms with Gasteiger partial charge in [0.15, 0.2) is 0 Å². The molecule has 0 saturated carbocycles. The fourth-order valence-electron chi connectivity index (χ4n) is 0.827. The minimum absolute atomic E-state index is 0.556. The van der Waals surface area contributed by atoms with Gasteiger partial charge in [-0.15, -0.1) is 0 Å². The van der Waals surface area contributed by atoms with E-state index in [4.69, 9.17) is 0 Å². The molecule has 0 rings (SSSR count). The van der Waals surface area contributed by atoms with E-state index in [1.807, 2.05) is 0 Å². The van der Waals surface area contributed by atoms with Crippen LogP contribution in [0.15, 0.2) is 0 Å². The summed E-state index contributed by atoms with van der Waals surface area (Å²) in [6, 6.07) is 0. The second-order valence-electron chi connectivity index (χ2n) is 2.36. The summed E-state index contributed by atoms with van der Waals surface area (Å²) >= 11 is 0. The van der Waals surface area contributed by atoms with Crippen LogP contribution in [0.1, 0.15) is 25.7 Å². The first kappa shape index (κ1) is 10.8. The summed E-state index contributed by atoms with van der Waals surface area (Å²) in [5, 5.41) is 0. The van der Waals surface area contributed by atoms with E-state index in [9.17, 15) is 9.59 Å². The van der Waals surface area contributed by atoms with Gasteiger partial charge in [0, 0.05) is 12.8 Å². The van der Waals surface area contributed by atoms with Crippen molar-refractivity contribution in [2.24, 2.45) is 0 Å². The van der Waals surface area contributed by atoms with Crippen molar-refractivity contribution < 1.29 is 9.59 Å².